The Balaban J connectivity index is 1.60. The van der Waals surface area contributed by atoms with E-state index in [-0.39, 0.29) is 18.0 Å². The summed E-state index contributed by atoms with van der Waals surface area (Å²) < 4.78 is 16.2. The van der Waals surface area contributed by atoms with Crippen molar-refractivity contribution in [1.82, 2.24) is 5.16 Å². The van der Waals surface area contributed by atoms with Gasteiger partial charge < -0.3 is 19.3 Å². The largest absolute Gasteiger partial charge is 0.489 e. The van der Waals surface area contributed by atoms with Crippen molar-refractivity contribution in [3.8, 4) is 5.75 Å². The van der Waals surface area contributed by atoms with Gasteiger partial charge in [0.05, 0.1) is 16.8 Å². The standard InChI is InChI=1S/C24H24N2O6/c1-14-22(16(3)32-26-14)13-30-21-10-6-8-19(12-21)24(29)31-17(4)23(28)25-20-9-5-7-18(11-20)15(2)27/h5-12,17H,13H2,1-4H3,(H,25,28). The van der Waals surface area contributed by atoms with Crippen LogP contribution < -0.4 is 10.1 Å². The van der Waals surface area contributed by atoms with E-state index in [1.807, 2.05) is 6.92 Å². The Bertz CT molecular complexity index is 1130. The molecule has 3 aromatic rings. The van der Waals surface area contributed by atoms with Gasteiger partial charge in [0, 0.05) is 11.3 Å². The second-order valence-corrected chi connectivity index (χ2v) is 7.29. The monoisotopic (exact) mass is 436 g/mol. The van der Waals surface area contributed by atoms with E-state index < -0.39 is 18.0 Å². The minimum atomic E-state index is -1.05. The van der Waals surface area contributed by atoms with E-state index in [1.165, 1.54) is 13.8 Å². The molecular formula is C24H24N2O6. The summed E-state index contributed by atoms with van der Waals surface area (Å²) >= 11 is 0. The summed E-state index contributed by atoms with van der Waals surface area (Å²) in [5, 5.41) is 6.53. The molecule has 0 saturated carbocycles. The van der Waals surface area contributed by atoms with Crippen molar-refractivity contribution in [3.05, 3.63) is 76.7 Å². The number of benzene rings is 2. The van der Waals surface area contributed by atoms with Crippen LogP contribution in [0.4, 0.5) is 5.69 Å². The summed E-state index contributed by atoms with van der Waals surface area (Å²) in [7, 11) is 0. The molecule has 32 heavy (non-hydrogen) atoms. The van der Waals surface area contributed by atoms with E-state index in [4.69, 9.17) is 14.0 Å². The highest BCUT2D eigenvalue weighted by Crippen LogP contribution is 2.19. The lowest BCUT2D eigenvalue weighted by Gasteiger charge is -2.14. The summed E-state index contributed by atoms with van der Waals surface area (Å²) in [5.41, 5.74) is 2.75. The van der Waals surface area contributed by atoms with Gasteiger partial charge in [-0.25, -0.2) is 4.79 Å². The van der Waals surface area contributed by atoms with Gasteiger partial charge in [0.25, 0.3) is 5.91 Å². The number of rotatable bonds is 8. The van der Waals surface area contributed by atoms with Crippen LogP contribution in [0, 0.1) is 13.8 Å². The number of aryl methyl sites for hydroxylation is 2. The zero-order valence-electron chi connectivity index (χ0n) is 18.3. The van der Waals surface area contributed by atoms with Crippen molar-refractivity contribution in [3.63, 3.8) is 0 Å². The van der Waals surface area contributed by atoms with Gasteiger partial charge in [-0.15, -0.1) is 0 Å². The van der Waals surface area contributed by atoms with Gasteiger partial charge in [-0.1, -0.05) is 23.4 Å². The molecular weight excluding hydrogens is 412 g/mol. The van der Waals surface area contributed by atoms with Gasteiger partial charge in [0.15, 0.2) is 11.9 Å². The minimum absolute atomic E-state index is 0.114. The van der Waals surface area contributed by atoms with Crippen LogP contribution in [0.5, 0.6) is 5.75 Å². The lowest BCUT2D eigenvalue weighted by molar-refractivity contribution is -0.123. The normalized spacial score (nSPS) is 11.5. The molecule has 8 heteroatoms. The predicted molar refractivity (Wildman–Crippen MR) is 117 cm³/mol. The molecule has 1 atom stereocenters. The van der Waals surface area contributed by atoms with Crippen LogP contribution in [0.25, 0.3) is 0 Å². The zero-order chi connectivity index (χ0) is 23.3. The topological polar surface area (TPSA) is 108 Å². The lowest BCUT2D eigenvalue weighted by atomic mass is 10.1. The number of carbonyl (C=O) groups is 3. The molecule has 0 saturated heterocycles. The lowest BCUT2D eigenvalue weighted by Crippen LogP contribution is -2.30. The molecule has 166 valence electrons. The molecule has 0 bridgehead atoms. The van der Waals surface area contributed by atoms with E-state index in [0.717, 1.165) is 11.3 Å². The fourth-order valence-electron chi connectivity index (χ4n) is 2.92. The highest BCUT2D eigenvalue weighted by molar-refractivity contribution is 5.99. The maximum Gasteiger partial charge on any atom is 0.339 e. The molecule has 0 aliphatic carbocycles. The Labute approximate surface area is 185 Å². The molecule has 1 N–H and O–H groups in total. The van der Waals surface area contributed by atoms with Crippen LogP contribution in [0.15, 0.2) is 53.1 Å². The number of ketones is 1. The number of amides is 1. The number of aromatic nitrogens is 1. The van der Waals surface area contributed by atoms with Crippen LogP contribution in [0.2, 0.25) is 0 Å². The Kier molecular flexibility index (Phi) is 7.04. The molecule has 1 aromatic heterocycles. The summed E-state index contributed by atoms with van der Waals surface area (Å²) in [6.07, 6.45) is -1.05. The number of nitrogens with zero attached hydrogens (tertiary/aromatic N) is 1. The SMILES string of the molecule is CC(=O)c1cccc(NC(=O)C(C)OC(=O)c2cccc(OCc3c(C)noc3C)c2)c1. The van der Waals surface area contributed by atoms with Gasteiger partial charge in [-0.05, 0) is 58.0 Å². The van der Waals surface area contributed by atoms with Gasteiger partial charge in [0.2, 0.25) is 0 Å². The van der Waals surface area contributed by atoms with E-state index in [2.05, 4.69) is 10.5 Å². The number of anilines is 1. The smallest absolute Gasteiger partial charge is 0.339 e. The molecule has 3 rings (SSSR count). The van der Waals surface area contributed by atoms with Crippen molar-refractivity contribution < 1.29 is 28.4 Å². The fourth-order valence-corrected chi connectivity index (χ4v) is 2.92. The second kappa shape index (κ2) is 9.91. The molecule has 2 aromatic carbocycles. The number of Topliss-reactive ketones (excluding diaryl/α,β-unsaturated/α-hetero) is 1. The van der Waals surface area contributed by atoms with E-state index in [9.17, 15) is 14.4 Å². The van der Waals surface area contributed by atoms with Crippen LogP contribution in [-0.2, 0) is 16.1 Å². The molecule has 1 unspecified atom stereocenters. The summed E-state index contributed by atoms with van der Waals surface area (Å²) in [5.74, 6) is -0.140. The third-order valence-corrected chi connectivity index (χ3v) is 4.82. The maximum atomic E-state index is 12.5. The first-order valence-electron chi connectivity index (χ1n) is 10.0. The van der Waals surface area contributed by atoms with Gasteiger partial charge >= 0.3 is 5.97 Å². The molecule has 8 nitrogen and oxygen atoms in total. The van der Waals surface area contributed by atoms with Gasteiger partial charge in [0.1, 0.15) is 18.1 Å². The number of ether oxygens (including phenoxy) is 2. The number of carbonyl (C=O) groups excluding carboxylic acids is 3. The maximum absolute atomic E-state index is 12.5. The summed E-state index contributed by atoms with van der Waals surface area (Å²) in [4.78, 5) is 36.4. The highest BCUT2D eigenvalue weighted by Gasteiger charge is 2.20. The van der Waals surface area contributed by atoms with Crippen molar-refractivity contribution in [2.24, 2.45) is 0 Å². The van der Waals surface area contributed by atoms with Crippen molar-refractivity contribution in [2.45, 2.75) is 40.4 Å². The van der Waals surface area contributed by atoms with Gasteiger partial charge in [-0.2, -0.15) is 0 Å². The van der Waals surface area contributed by atoms with E-state index in [1.54, 1.807) is 55.5 Å². The molecule has 0 spiro atoms. The summed E-state index contributed by atoms with van der Waals surface area (Å²) in [6.45, 7) is 6.79. The third-order valence-electron chi connectivity index (χ3n) is 4.82. The first-order valence-corrected chi connectivity index (χ1v) is 10.0. The first-order chi connectivity index (χ1) is 15.2. The molecule has 0 radical (unpaired) electrons. The molecule has 0 aliphatic rings. The number of esters is 1. The highest BCUT2D eigenvalue weighted by atomic mass is 16.5. The molecule has 1 heterocycles. The average molecular weight is 436 g/mol. The number of hydrogen-bond acceptors (Lipinski definition) is 7. The fraction of sp³-hybridized carbons (Fsp3) is 0.250. The average Bonchev–Trinajstić information content (AvgIpc) is 3.09. The van der Waals surface area contributed by atoms with Crippen LogP contribution in [-0.4, -0.2) is 28.9 Å². The van der Waals surface area contributed by atoms with Crippen molar-refractivity contribution in [2.75, 3.05) is 5.32 Å². The molecule has 0 aliphatic heterocycles. The third kappa shape index (κ3) is 5.60. The van der Waals surface area contributed by atoms with Crippen molar-refractivity contribution in [1.29, 1.82) is 0 Å². The van der Waals surface area contributed by atoms with Crippen molar-refractivity contribution >= 4 is 23.3 Å². The summed E-state index contributed by atoms with van der Waals surface area (Å²) in [6, 6.07) is 13.0. The quantitative estimate of drug-likeness (QED) is 0.415. The zero-order valence-corrected chi connectivity index (χ0v) is 18.3. The Morgan fingerprint density at radius 1 is 1.06 bits per heavy atom. The minimum Gasteiger partial charge on any atom is -0.489 e. The van der Waals surface area contributed by atoms with E-state index in [0.29, 0.717) is 22.8 Å². The molecule has 1 amide bonds. The predicted octanol–water partition coefficient (Wildman–Crippen LogP) is 4.26. The first kappa shape index (κ1) is 22.7. The second-order valence-electron chi connectivity index (χ2n) is 7.29. The number of nitrogens with one attached hydrogen (secondary N) is 1. The molecule has 0 fully saturated rings. The Hall–Kier alpha value is -3.94. The van der Waals surface area contributed by atoms with Crippen LogP contribution >= 0.6 is 0 Å². The Morgan fingerprint density at radius 3 is 2.47 bits per heavy atom. The van der Waals surface area contributed by atoms with E-state index >= 15 is 0 Å². The number of hydrogen-bond donors (Lipinski definition) is 1. The van der Waals surface area contributed by atoms with Crippen LogP contribution in [0.1, 0.15) is 51.6 Å². The van der Waals surface area contributed by atoms with Gasteiger partial charge in [-0.3, -0.25) is 9.59 Å². The van der Waals surface area contributed by atoms with Crippen LogP contribution in [0.3, 0.4) is 0 Å². The Morgan fingerprint density at radius 2 is 1.78 bits per heavy atom.